The highest BCUT2D eigenvalue weighted by atomic mass is 16.5. The molecule has 0 N–H and O–H groups in total. The van der Waals surface area contributed by atoms with Gasteiger partial charge in [0, 0.05) is 13.0 Å². The van der Waals surface area contributed by atoms with E-state index in [0.29, 0.717) is 19.6 Å². The van der Waals surface area contributed by atoms with E-state index in [1.165, 1.54) is 19.3 Å². The maximum atomic E-state index is 11.7. The SMILES string of the molecule is O=C(COCCN1CCCCC1)CC(=O)OCCc1ccccc1. The van der Waals surface area contributed by atoms with Gasteiger partial charge in [-0.15, -0.1) is 0 Å². The van der Waals surface area contributed by atoms with Gasteiger partial charge in [-0.25, -0.2) is 0 Å². The van der Waals surface area contributed by atoms with Gasteiger partial charge in [0.2, 0.25) is 0 Å². The summed E-state index contributed by atoms with van der Waals surface area (Å²) >= 11 is 0. The van der Waals surface area contributed by atoms with Crippen molar-refractivity contribution < 1.29 is 19.1 Å². The first-order chi connectivity index (χ1) is 11.7. The lowest BCUT2D eigenvalue weighted by Crippen LogP contribution is -2.33. The first-order valence-electron chi connectivity index (χ1n) is 8.75. The van der Waals surface area contributed by atoms with Crippen molar-refractivity contribution >= 4 is 11.8 Å². The van der Waals surface area contributed by atoms with Crippen molar-refractivity contribution in [2.45, 2.75) is 32.1 Å². The normalized spacial score (nSPS) is 15.2. The summed E-state index contributed by atoms with van der Waals surface area (Å²) in [4.78, 5) is 25.7. The van der Waals surface area contributed by atoms with Crippen LogP contribution in [0.15, 0.2) is 30.3 Å². The van der Waals surface area contributed by atoms with Crippen LogP contribution in [0.3, 0.4) is 0 Å². The zero-order chi connectivity index (χ0) is 17.0. The standard InChI is InChI=1S/C19H27NO4/c21-18(16-23-14-12-20-10-5-2-6-11-20)15-19(22)24-13-9-17-7-3-1-4-8-17/h1,3-4,7-8H,2,5-6,9-16H2. The Morgan fingerprint density at radius 3 is 2.50 bits per heavy atom. The number of piperidine rings is 1. The lowest BCUT2D eigenvalue weighted by Gasteiger charge is -2.25. The number of Topliss-reactive ketones (excluding diaryl/α,β-unsaturated/α-hetero) is 1. The Hall–Kier alpha value is -1.72. The predicted molar refractivity (Wildman–Crippen MR) is 91.8 cm³/mol. The van der Waals surface area contributed by atoms with Crippen LogP contribution in [0.4, 0.5) is 0 Å². The van der Waals surface area contributed by atoms with Gasteiger partial charge < -0.3 is 14.4 Å². The van der Waals surface area contributed by atoms with Crippen LogP contribution in [0.5, 0.6) is 0 Å². The molecule has 0 aromatic heterocycles. The number of hydrogen-bond acceptors (Lipinski definition) is 5. The number of esters is 1. The van der Waals surface area contributed by atoms with Crippen molar-refractivity contribution in [1.29, 1.82) is 0 Å². The number of hydrogen-bond donors (Lipinski definition) is 0. The Morgan fingerprint density at radius 1 is 1.00 bits per heavy atom. The van der Waals surface area contributed by atoms with Gasteiger partial charge in [0.05, 0.1) is 13.2 Å². The van der Waals surface area contributed by atoms with Crippen LogP contribution in [0, 0.1) is 0 Å². The molecule has 0 saturated carbocycles. The van der Waals surface area contributed by atoms with E-state index in [0.717, 1.165) is 25.2 Å². The summed E-state index contributed by atoms with van der Waals surface area (Å²) in [6, 6.07) is 9.80. The molecule has 0 radical (unpaired) electrons. The summed E-state index contributed by atoms with van der Waals surface area (Å²) < 4.78 is 10.5. The second-order valence-corrected chi connectivity index (χ2v) is 6.13. The summed E-state index contributed by atoms with van der Waals surface area (Å²) in [6.45, 7) is 3.91. The quantitative estimate of drug-likeness (QED) is 0.373. The minimum atomic E-state index is -0.476. The smallest absolute Gasteiger partial charge is 0.313 e. The maximum Gasteiger partial charge on any atom is 0.313 e. The van der Waals surface area contributed by atoms with E-state index in [1.54, 1.807) is 0 Å². The number of ether oxygens (including phenoxy) is 2. The average molecular weight is 333 g/mol. The highest BCUT2D eigenvalue weighted by Gasteiger charge is 2.12. The molecule has 0 bridgehead atoms. The monoisotopic (exact) mass is 333 g/mol. The average Bonchev–Trinajstić information content (AvgIpc) is 2.60. The van der Waals surface area contributed by atoms with Gasteiger partial charge in [0.15, 0.2) is 5.78 Å². The first-order valence-corrected chi connectivity index (χ1v) is 8.75. The molecule has 0 spiro atoms. The molecular weight excluding hydrogens is 306 g/mol. The van der Waals surface area contributed by atoms with Crippen molar-refractivity contribution in [1.82, 2.24) is 4.90 Å². The fourth-order valence-corrected chi connectivity index (χ4v) is 2.75. The van der Waals surface area contributed by atoms with E-state index >= 15 is 0 Å². The molecule has 24 heavy (non-hydrogen) atoms. The highest BCUT2D eigenvalue weighted by Crippen LogP contribution is 2.07. The van der Waals surface area contributed by atoms with Crippen LogP contribution < -0.4 is 0 Å². The lowest BCUT2D eigenvalue weighted by molar-refractivity contribution is -0.146. The van der Waals surface area contributed by atoms with Gasteiger partial charge in [-0.1, -0.05) is 36.8 Å². The van der Waals surface area contributed by atoms with E-state index in [2.05, 4.69) is 4.90 Å². The Kier molecular flexibility index (Phi) is 8.49. The molecule has 1 aromatic carbocycles. The third-order valence-corrected chi connectivity index (χ3v) is 4.10. The van der Waals surface area contributed by atoms with E-state index in [1.807, 2.05) is 30.3 Å². The number of benzene rings is 1. The molecule has 132 valence electrons. The van der Waals surface area contributed by atoms with E-state index in [9.17, 15) is 9.59 Å². The number of carbonyl (C=O) groups excluding carboxylic acids is 2. The van der Waals surface area contributed by atoms with Gasteiger partial charge in [0.25, 0.3) is 0 Å². The number of rotatable bonds is 10. The van der Waals surface area contributed by atoms with Crippen molar-refractivity contribution in [2.75, 3.05) is 39.5 Å². The van der Waals surface area contributed by atoms with Gasteiger partial charge in [-0.3, -0.25) is 9.59 Å². The van der Waals surface area contributed by atoms with Crippen molar-refractivity contribution in [3.63, 3.8) is 0 Å². The van der Waals surface area contributed by atoms with Crippen molar-refractivity contribution in [2.24, 2.45) is 0 Å². The highest BCUT2D eigenvalue weighted by molar-refractivity contribution is 5.96. The molecule has 0 unspecified atom stereocenters. The van der Waals surface area contributed by atoms with Crippen molar-refractivity contribution in [3.05, 3.63) is 35.9 Å². The third kappa shape index (κ3) is 7.70. The number of ketones is 1. The van der Waals surface area contributed by atoms with Crippen LogP contribution in [0.2, 0.25) is 0 Å². The van der Waals surface area contributed by atoms with E-state index < -0.39 is 5.97 Å². The van der Waals surface area contributed by atoms with Crippen LogP contribution in [-0.4, -0.2) is 56.1 Å². The molecule has 1 aliphatic heterocycles. The molecule has 1 aromatic rings. The minimum absolute atomic E-state index is 0.0123. The fourth-order valence-electron chi connectivity index (χ4n) is 2.75. The van der Waals surface area contributed by atoms with Gasteiger partial charge >= 0.3 is 5.97 Å². The van der Waals surface area contributed by atoms with E-state index in [-0.39, 0.29) is 18.8 Å². The summed E-state index contributed by atoms with van der Waals surface area (Å²) in [7, 11) is 0. The predicted octanol–water partition coefficient (Wildman–Crippen LogP) is 2.23. The molecule has 2 rings (SSSR count). The number of nitrogens with zero attached hydrogens (tertiary/aromatic N) is 1. The van der Waals surface area contributed by atoms with E-state index in [4.69, 9.17) is 9.47 Å². The van der Waals surface area contributed by atoms with Crippen LogP contribution in [0.1, 0.15) is 31.2 Å². The molecule has 1 saturated heterocycles. The second-order valence-electron chi connectivity index (χ2n) is 6.13. The fraction of sp³-hybridized carbons (Fsp3) is 0.579. The minimum Gasteiger partial charge on any atom is -0.465 e. The summed E-state index contributed by atoms with van der Waals surface area (Å²) in [5.41, 5.74) is 1.11. The lowest BCUT2D eigenvalue weighted by atomic mass is 10.1. The largest absolute Gasteiger partial charge is 0.465 e. The zero-order valence-electron chi connectivity index (χ0n) is 14.2. The Labute approximate surface area is 143 Å². The molecule has 1 fully saturated rings. The Balaban J connectivity index is 1.49. The first kappa shape index (κ1) is 18.6. The van der Waals surface area contributed by atoms with Crippen molar-refractivity contribution in [3.8, 4) is 0 Å². The summed E-state index contributed by atoms with van der Waals surface area (Å²) in [6.07, 6.45) is 4.25. The molecule has 0 aliphatic carbocycles. The zero-order valence-corrected chi connectivity index (χ0v) is 14.2. The Morgan fingerprint density at radius 2 is 1.75 bits per heavy atom. The molecule has 5 heteroatoms. The molecular formula is C19H27NO4. The molecule has 5 nitrogen and oxygen atoms in total. The molecule has 0 atom stereocenters. The number of likely N-dealkylation sites (tertiary alicyclic amines) is 1. The third-order valence-electron chi connectivity index (χ3n) is 4.10. The van der Waals surface area contributed by atoms with Gasteiger partial charge in [-0.2, -0.15) is 0 Å². The van der Waals surface area contributed by atoms with Gasteiger partial charge in [-0.05, 0) is 31.5 Å². The summed E-state index contributed by atoms with van der Waals surface area (Å²) in [5, 5.41) is 0. The van der Waals surface area contributed by atoms with Gasteiger partial charge in [0.1, 0.15) is 13.0 Å². The van der Waals surface area contributed by atoms with Crippen LogP contribution >= 0.6 is 0 Å². The Bertz CT molecular complexity index is 497. The molecule has 1 heterocycles. The summed E-state index contributed by atoms with van der Waals surface area (Å²) in [5.74, 6) is -0.700. The number of carbonyl (C=O) groups is 2. The second kappa shape index (κ2) is 10.9. The van der Waals surface area contributed by atoms with Crippen LogP contribution in [0.25, 0.3) is 0 Å². The molecule has 1 aliphatic rings. The molecule has 0 amide bonds. The topological polar surface area (TPSA) is 55.8 Å². The maximum absolute atomic E-state index is 11.7. The van der Waals surface area contributed by atoms with Crippen LogP contribution in [-0.2, 0) is 25.5 Å².